The topological polar surface area (TPSA) is 12.0 Å². The van der Waals surface area contributed by atoms with Crippen molar-refractivity contribution in [2.75, 3.05) is 6.54 Å². The van der Waals surface area contributed by atoms with Gasteiger partial charge in [0.2, 0.25) is 0 Å². The van der Waals surface area contributed by atoms with Crippen LogP contribution in [0.25, 0.3) is 0 Å². The molecule has 19 heavy (non-hydrogen) atoms. The van der Waals surface area contributed by atoms with Crippen molar-refractivity contribution in [3.05, 3.63) is 54.3 Å². The lowest BCUT2D eigenvalue weighted by atomic mass is 9.99. The van der Waals surface area contributed by atoms with Gasteiger partial charge in [-0.1, -0.05) is 28.9 Å². The van der Waals surface area contributed by atoms with Gasteiger partial charge >= 0.3 is 0 Å². The predicted octanol–water partition coefficient (Wildman–Crippen LogP) is 5.42. The van der Waals surface area contributed by atoms with Crippen LogP contribution in [0.3, 0.4) is 0 Å². The van der Waals surface area contributed by atoms with E-state index in [0.717, 1.165) is 20.4 Å². The van der Waals surface area contributed by atoms with Crippen molar-refractivity contribution < 1.29 is 4.39 Å². The van der Waals surface area contributed by atoms with E-state index < -0.39 is 0 Å². The van der Waals surface area contributed by atoms with E-state index in [2.05, 4.69) is 50.2 Å². The van der Waals surface area contributed by atoms with Crippen LogP contribution < -0.4 is 5.32 Å². The van der Waals surface area contributed by atoms with Crippen molar-refractivity contribution in [2.45, 2.75) is 19.9 Å². The summed E-state index contributed by atoms with van der Waals surface area (Å²) in [6.07, 6.45) is 0. The zero-order valence-corrected chi connectivity index (χ0v) is 14.6. The highest BCUT2D eigenvalue weighted by Crippen LogP contribution is 2.35. The number of rotatable bonds is 4. The lowest BCUT2D eigenvalue weighted by Gasteiger charge is -2.19. The van der Waals surface area contributed by atoms with E-state index >= 15 is 0 Å². The maximum atomic E-state index is 14.2. The van der Waals surface area contributed by atoms with Crippen LogP contribution in [-0.4, -0.2) is 6.54 Å². The van der Waals surface area contributed by atoms with Crippen molar-refractivity contribution in [1.82, 2.24) is 5.32 Å². The Labute approximate surface area is 133 Å². The monoisotopic (exact) mass is 405 g/mol. The fraction of sp³-hybridized carbons (Fsp3) is 0.286. The first-order valence-corrected chi connectivity index (χ1v) is 8.37. The van der Waals surface area contributed by atoms with Crippen LogP contribution in [0, 0.1) is 12.7 Å². The molecule has 0 aliphatic heterocycles. The van der Waals surface area contributed by atoms with Crippen LogP contribution in [0.2, 0.25) is 0 Å². The summed E-state index contributed by atoms with van der Waals surface area (Å²) in [5.74, 6) is -0.193. The van der Waals surface area contributed by atoms with E-state index in [1.165, 1.54) is 10.9 Å². The number of halogens is 3. The zero-order valence-electron chi connectivity index (χ0n) is 10.6. The molecule has 1 unspecified atom stereocenters. The van der Waals surface area contributed by atoms with E-state index in [0.29, 0.717) is 5.56 Å². The molecule has 0 aliphatic rings. The number of aryl methyl sites for hydroxylation is 1. The van der Waals surface area contributed by atoms with Crippen LogP contribution in [0.1, 0.15) is 29.0 Å². The molecule has 0 saturated heterocycles. The molecule has 0 fully saturated rings. The Morgan fingerprint density at radius 3 is 2.53 bits per heavy atom. The van der Waals surface area contributed by atoms with E-state index in [4.69, 9.17) is 0 Å². The first kappa shape index (κ1) is 15.2. The summed E-state index contributed by atoms with van der Waals surface area (Å²) in [5, 5.41) is 3.36. The second-order valence-electron chi connectivity index (χ2n) is 4.22. The van der Waals surface area contributed by atoms with Gasteiger partial charge in [0.25, 0.3) is 0 Å². The average Bonchev–Trinajstić information content (AvgIpc) is 2.66. The molecule has 0 aliphatic carbocycles. The summed E-state index contributed by atoms with van der Waals surface area (Å²) in [4.78, 5) is 1.19. The zero-order chi connectivity index (χ0) is 14.0. The first-order chi connectivity index (χ1) is 9.02. The smallest absolute Gasteiger partial charge is 0.129 e. The van der Waals surface area contributed by atoms with Gasteiger partial charge in [-0.3, -0.25) is 0 Å². The Balaban J connectivity index is 2.48. The Hall–Kier alpha value is -0.230. The van der Waals surface area contributed by atoms with Crippen LogP contribution in [0.4, 0.5) is 4.39 Å². The van der Waals surface area contributed by atoms with Gasteiger partial charge in [0.15, 0.2) is 0 Å². The highest BCUT2D eigenvalue weighted by Gasteiger charge is 2.20. The van der Waals surface area contributed by atoms with Gasteiger partial charge in [0, 0.05) is 14.9 Å². The second kappa shape index (κ2) is 6.48. The minimum absolute atomic E-state index is 0.111. The summed E-state index contributed by atoms with van der Waals surface area (Å²) in [7, 11) is 0. The third-order valence-corrected chi connectivity index (χ3v) is 4.98. The first-order valence-electron chi connectivity index (χ1n) is 5.97. The number of hydrogen-bond donors (Lipinski definition) is 1. The molecule has 1 aromatic heterocycles. The van der Waals surface area contributed by atoms with Crippen molar-refractivity contribution in [3.8, 4) is 0 Å². The van der Waals surface area contributed by atoms with Crippen LogP contribution in [0.5, 0.6) is 0 Å². The van der Waals surface area contributed by atoms with Gasteiger partial charge in [0.05, 0.1) is 9.83 Å². The summed E-state index contributed by atoms with van der Waals surface area (Å²) >= 11 is 8.46. The Morgan fingerprint density at radius 2 is 2.00 bits per heavy atom. The molecule has 2 rings (SSSR count). The van der Waals surface area contributed by atoms with E-state index in [1.807, 2.05) is 19.1 Å². The van der Waals surface area contributed by atoms with E-state index in [9.17, 15) is 4.39 Å². The molecule has 0 bridgehead atoms. The summed E-state index contributed by atoms with van der Waals surface area (Å²) < 4.78 is 16.0. The van der Waals surface area contributed by atoms with Crippen molar-refractivity contribution >= 4 is 43.2 Å². The minimum atomic E-state index is -0.193. The Kier molecular flexibility index (Phi) is 5.17. The third-order valence-electron chi connectivity index (χ3n) is 2.92. The average molecular weight is 407 g/mol. The molecular weight excluding hydrogens is 393 g/mol. The molecule has 1 heterocycles. The molecule has 1 nitrogen and oxygen atoms in total. The van der Waals surface area contributed by atoms with Crippen molar-refractivity contribution in [2.24, 2.45) is 0 Å². The normalized spacial score (nSPS) is 12.7. The van der Waals surface area contributed by atoms with Crippen LogP contribution in [-0.2, 0) is 0 Å². The van der Waals surface area contributed by atoms with Gasteiger partial charge in [0.1, 0.15) is 5.82 Å². The molecule has 1 N–H and O–H groups in total. The predicted molar refractivity (Wildman–Crippen MR) is 86.4 cm³/mol. The third kappa shape index (κ3) is 3.45. The van der Waals surface area contributed by atoms with Crippen molar-refractivity contribution in [3.63, 3.8) is 0 Å². The molecule has 0 spiro atoms. The van der Waals surface area contributed by atoms with E-state index in [-0.39, 0.29) is 11.9 Å². The lowest BCUT2D eigenvalue weighted by Crippen LogP contribution is -2.23. The summed E-state index contributed by atoms with van der Waals surface area (Å²) in [6.45, 7) is 4.87. The maximum absolute atomic E-state index is 14.2. The molecule has 1 aromatic carbocycles. The lowest BCUT2D eigenvalue weighted by molar-refractivity contribution is 0.558. The van der Waals surface area contributed by atoms with Crippen LogP contribution in [0.15, 0.2) is 32.5 Å². The number of benzene rings is 1. The van der Waals surface area contributed by atoms with Gasteiger partial charge < -0.3 is 5.32 Å². The summed E-state index contributed by atoms with van der Waals surface area (Å²) in [6, 6.07) is 7.17. The van der Waals surface area contributed by atoms with Crippen molar-refractivity contribution in [1.29, 1.82) is 0 Å². The van der Waals surface area contributed by atoms with E-state index in [1.54, 1.807) is 11.3 Å². The fourth-order valence-corrected chi connectivity index (χ4v) is 4.15. The van der Waals surface area contributed by atoms with Gasteiger partial charge in [-0.05, 0) is 53.2 Å². The van der Waals surface area contributed by atoms with Gasteiger partial charge in [-0.2, -0.15) is 0 Å². The molecular formula is C14H14Br2FNS. The maximum Gasteiger partial charge on any atom is 0.129 e. The molecule has 5 heteroatoms. The molecule has 1 atom stereocenters. The number of thiophene rings is 1. The Bertz CT molecular complexity index is 583. The molecule has 102 valence electrons. The minimum Gasteiger partial charge on any atom is -0.306 e. The molecule has 2 aromatic rings. The molecule has 0 amide bonds. The van der Waals surface area contributed by atoms with Gasteiger partial charge in [-0.25, -0.2) is 4.39 Å². The number of hydrogen-bond acceptors (Lipinski definition) is 2. The highest BCUT2D eigenvalue weighted by molar-refractivity contribution is 9.11. The molecule has 0 saturated carbocycles. The second-order valence-corrected chi connectivity index (χ2v) is 7.77. The SMILES string of the molecule is CCNC(c1ccc(Br)cc1F)c1cc(Br)sc1C. The quantitative estimate of drug-likeness (QED) is 0.714. The fourth-order valence-electron chi connectivity index (χ4n) is 2.07. The largest absolute Gasteiger partial charge is 0.306 e. The Morgan fingerprint density at radius 1 is 1.26 bits per heavy atom. The van der Waals surface area contributed by atoms with Gasteiger partial charge in [-0.15, -0.1) is 11.3 Å². The molecule has 0 radical (unpaired) electrons. The number of nitrogens with one attached hydrogen (secondary N) is 1. The van der Waals surface area contributed by atoms with Crippen LogP contribution >= 0.6 is 43.2 Å². The summed E-state index contributed by atoms with van der Waals surface area (Å²) in [5.41, 5.74) is 1.80. The highest BCUT2D eigenvalue weighted by atomic mass is 79.9. The standard InChI is InChI=1S/C14H14Br2FNS/c1-3-18-14(11-7-13(16)19-8(11)2)10-5-4-9(15)6-12(10)17/h4-7,14,18H,3H2,1-2H3.